The Kier molecular flexibility index (Phi) is 9.88. The Bertz CT molecular complexity index is 837. The van der Waals surface area contributed by atoms with Gasteiger partial charge < -0.3 is 4.57 Å². The van der Waals surface area contributed by atoms with Gasteiger partial charge in [-0.05, 0) is 12.8 Å². The van der Waals surface area contributed by atoms with Gasteiger partial charge in [0.25, 0.3) is 5.56 Å². The van der Waals surface area contributed by atoms with Crippen LogP contribution in [0.1, 0.15) is 84.5 Å². The van der Waals surface area contributed by atoms with Crippen LogP contribution < -0.4 is 11.2 Å². The van der Waals surface area contributed by atoms with Gasteiger partial charge in [-0.25, -0.2) is 9.78 Å². The Balaban J connectivity index is 2.07. The van der Waals surface area contributed by atoms with E-state index in [-0.39, 0.29) is 5.56 Å². The molecule has 0 radical (unpaired) electrons. The van der Waals surface area contributed by atoms with E-state index in [0.29, 0.717) is 11.2 Å². The zero-order chi connectivity index (χ0) is 20.4. The van der Waals surface area contributed by atoms with E-state index in [4.69, 9.17) is 0 Å². The number of aromatic nitrogens is 4. The number of imidazole rings is 1. The summed E-state index contributed by atoms with van der Waals surface area (Å²) in [6, 6.07) is 0. The van der Waals surface area contributed by atoms with Gasteiger partial charge >= 0.3 is 5.69 Å². The fraction of sp³-hybridized carbons (Fsp3) is 0.762. The number of H-pyrrole nitrogens is 1. The number of unbranched alkanes of at least 4 members (excludes halogenated alkanes) is 9. The summed E-state index contributed by atoms with van der Waals surface area (Å²) in [6.45, 7) is 5.21. The van der Waals surface area contributed by atoms with Crippen LogP contribution in [0.3, 0.4) is 0 Å². The predicted molar refractivity (Wildman–Crippen MR) is 118 cm³/mol. The fourth-order valence-corrected chi connectivity index (χ4v) is 4.47. The van der Waals surface area contributed by atoms with Crippen LogP contribution in [0.4, 0.5) is 0 Å². The number of nitrogens with one attached hydrogen (secondary N) is 1. The summed E-state index contributed by atoms with van der Waals surface area (Å²) in [5.41, 5.74) is 0.289. The lowest BCUT2D eigenvalue weighted by Gasteiger charge is -2.08. The molecule has 0 spiro atoms. The Morgan fingerprint density at radius 1 is 0.893 bits per heavy atom. The second-order valence-electron chi connectivity index (χ2n) is 7.57. The van der Waals surface area contributed by atoms with Crippen molar-refractivity contribution in [2.24, 2.45) is 7.05 Å². The maximum atomic E-state index is 12.5. The largest absolute Gasteiger partial charge is 0.329 e. The highest BCUT2D eigenvalue weighted by Gasteiger charge is 2.17. The van der Waals surface area contributed by atoms with E-state index in [1.807, 2.05) is 4.57 Å². The van der Waals surface area contributed by atoms with Gasteiger partial charge in [0, 0.05) is 19.3 Å². The standard InChI is InChI=1S/C21H36N4O2S/c1-4-6-8-9-10-11-12-13-15-25-17-18(24(3)20(27)23-19(17)26)22-21(25)28-16-14-7-5-2/h4-16H2,1-3H3,(H,23,26,27). The SMILES string of the molecule is CCCCCCCCCCn1c(SCCCCC)nc2c1c(=O)[nH]c(=O)n2C. The smallest absolute Gasteiger partial charge is 0.313 e. The number of rotatable bonds is 14. The highest BCUT2D eigenvalue weighted by molar-refractivity contribution is 7.99. The molecular formula is C21H36N4O2S. The number of thioether (sulfide) groups is 1. The molecule has 0 aromatic carbocycles. The lowest BCUT2D eigenvalue weighted by Crippen LogP contribution is -2.29. The molecule has 7 heteroatoms. The molecule has 2 aromatic heterocycles. The zero-order valence-electron chi connectivity index (χ0n) is 17.8. The summed E-state index contributed by atoms with van der Waals surface area (Å²) in [4.78, 5) is 31.5. The van der Waals surface area contributed by atoms with Crippen molar-refractivity contribution in [1.29, 1.82) is 0 Å². The second kappa shape index (κ2) is 12.1. The van der Waals surface area contributed by atoms with E-state index in [1.54, 1.807) is 18.8 Å². The minimum absolute atomic E-state index is 0.328. The van der Waals surface area contributed by atoms with Crippen molar-refractivity contribution in [2.45, 2.75) is 96.2 Å². The number of aromatic amines is 1. The maximum Gasteiger partial charge on any atom is 0.329 e. The molecule has 0 bridgehead atoms. The molecule has 0 unspecified atom stereocenters. The van der Waals surface area contributed by atoms with Crippen molar-refractivity contribution in [1.82, 2.24) is 19.1 Å². The Morgan fingerprint density at radius 2 is 1.50 bits per heavy atom. The molecule has 0 saturated carbocycles. The van der Waals surface area contributed by atoms with Crippen LogP contribution in [0, 0.1) is 0 Å². The molecule has 6 nitrogen and oxygen atoms in total. The molecule has 1 N–H and O–H groups in total. The van der Waals surface area contributed by atoms with Crippen molar-refractivity contribution in [3.8, 4) is 0 Å². The van der Waals surface area contributed by atoms with E-state index in [1.165, 1.54) is 55.9 Å². The van der Waals surface area contributed by atoms with E-state index >= 15 is 0 Å². The number of aryl methyl sites for hydroxylation is 2. The van der Waals surface area contributed by atoms with Crippen LogP contribution >= 0.6 is 11.8 Å². The van der Waals surface area contributed by atoms with Gasteiger partial charge in [-0.2, -0.15) is 0 Å². The molecule has 158 valence electrons. The first-order valence-electron chi connectivity index (χ1n) is 10.9. The van der Waals surface area contributed by atoms with Crippen LogP contribution in [0.25, 0.3) is 11.2 Å². The van der Waals surface area contributed by atoms with Crippen molar-refractivity contribution in [3.05, 3.63) is 20.8 Å². The monoisotopic (exact) mass is 408 g/mol. The van der Waals surface area contributed by atoms with Crippen molar-refractivity contribution in [2.75, 3.05) is 5.75 Å². The molecule has 2 heterocycles. The van der Waals surface area contributed by atoms with Gasteiger partial charge in [0.1, 0.15) is 0 Å². The maximum absolute atomic E-state index is 12.5. The van der Waals surface area contributed by atoms with Crippen molar-refractivity contribution >= 4 is 22.9 Å². The first-order valence-corrected chi connectivity index (χ1v) is 11.9. The third kappa shape index (κ3) is 6.26. The summed E-state index contributed by atoms with van der Waals surface area (Å²) in [5.74, 6) is 0.987. The lowest BCUT2D eigenvalue weighted by molar-refractivity contribution is 0.533. The van der Waals surface area contributed by atoms with Crippen LogP contribution in [0.2, 0.25) is 0 Å². The van der Waals surface area contributed by atoms with Gasteiger partial charge in [-0.3, -0.25) is 14.3 Å². The Hall–Kier alpha value is -1.50. The van der Waals surface area contributed by atoms with Gasteiger partial charge in [0.15, 0.2) is 16.3 Å². The van der Waals surface area contributed by atoms with Crippen LogP contribution in [-0.2, 0) is 13.6 Å². The molecule has 28 heavy (non-hydrogen) atoms. The van der Waals surface area contributed by atoms with Crippen LogP contribution in [0.5, 0.6) is 0 Å². The fourth-order valence-electron chi connectivity index (χ4n) is 3.45. The van der Waals surface area contributed by atoms with Crippen molar-refractivity contribution < 1.29 is 0 Å². The van der Waals surface area contributed by atoms with E-state index < -0.39 is 5.69 Å². The number of fused-ring (bicyclic) bond motifs is 1. The number of hydrogen-bond acceptors (Lipinski definition) is 4. The molecular weight excluding hydrogens is 372 g/mol. The molecule has 2 rings (SSSR count). The van der Waals surface area contributed by atoms with E-state index in [0.717, 1.165) is 36.7 Å². The number of nitrogens with zero attached hydrogens (tertiary/aromatic N) is 3. The molecule has 0 saturated heterocycles. The predicted octanol–water partition coefficient (Wildman–Crippen LogP) is 4.85. The molecule has 0 fully saturated rings. The average molecular weight is 409 g/mol. The van der Waals surface area contributed by atoms with Crippen LogP contribution in [0.15, 0.2) is 14.7 Å². The number of hydrogen-bond donors (Lipinski definition) is 1. The average Bonchev–Trinajstić information content (AvgIpc) is 3.04. The summed E-state index contributed by atoms with van der Waals surface area (Å²) in [6.07, 6.45) is 13.5. The molecule has 0 aliphatic carbocycles. The molecule has 0 aliphatic heterocycles. The van der Waals surface area contributed by atoms with Gasteiger partial charge in [-0.15, -0.1) is 0 Å². The minimum atomic E-state index is -0.406. The van der Waals surface area contributed by atoms with Crippen molar-refractivity contribution in [3.63, 3.8) is 0 Å². The molecule has 0 amide bonds. The second-order valence-corrected chi connectivity index (χ2v) is 8.63. The lowest BCUT2D eigenvalue weighted by atomic mass is 10.1. The molecule has 2 aromatic rings. The highest BCUT2D eigenvalue weighted by atomic mass is 32.2. The topological polar surface area (TPSA) is 72.7 Å². The summed E-state index contributed by atoms with van der Waals surface area (Å²) < 4.78 is 3.47. The highest BCUT2D eigenvalue weighted by Crippen LogP contribution is 2.23. The van der Waals surface area contributed by atoms with Crippen LogP contribution in [-0.4, -0.2) is 24.9 Å². The Morgan fingerprint density at radius 3 is 2.18 bits per heavy atom. The van der Waals surface area contributed by atoms with Gasteiger partial charge in [-0.1, -0.05) is 83.4 Å². The summed E-state index contributed by atoms with van der Waals surface area (Å²) in [5, 5.41) is 0.862. The van der Waals surface area contributed by atoms with Gasteiger partial charge in [0.05, 0.1) is 0 Å². The quantitative estimate of drug-likeness (QED) is 0.358. The van der Waals surface area contributed by atoms with E-state index in [2.05, 4.69) is 23.8 Å². The summed E-state index contributed by atoms with van der Waals surface area (Å²) in [7, 11) is 1.67. The van der Waals surface area contributed by atoms with E-state index in [9.17, 15) is 9.59 Å². The third-order valence-corrected chi connectivity index (χ3v) is 6.25. The summed E-state index contributed by atoms with van der Waals surface area (Å²) >= 11 is 1.70. The first-order chi connectivity index (χ1) is 13.6. The van der Waals surface area contributed by atoms with Gasteiger partial charge in [0.2, 0.25) is 0 Å². The zero-order valence-corrected chi connectivity index (χ0v) is 18.6. The minimum Gasteiger partial charge on any atom is -0.313 e. The third-order valence-electron chi connectivity index (χ3n) is 5.19. The Labute approximate surface area is 172 Å². The normalized spacial score (nSPS) is 11.5. The molecule has 0 atom stereocenters. The molecule has 0 aliphatic rings. The first kappa shape index (κ1) is 22.8.